The molecule has 11 heteroatoms. The van der Waals surface area contributed by atoms with Crippen molar-refractivity contribution < 1.29 is 55.1 Å². The molecule has 2 rings (SSSR count). The quantitative estimate of drug-likeness (QED) is 0.243. The summed E-state index contributed by atoms with van der Waals surface area (Å²) in [4.78, 5) is 0. The van der Waals surface area contributed by atoms with Gasteiger partial charge in [0.15, 0.2) is 12.6 Å². The second kappa shape index (κ2) is 7.63. The molecular weight excluding hydrogens is 320 g/mol. The van der Waals surface area contributed by atoms with Crippen LogP contribution in [0.5, 0.6) is 0 Å². The van der Waals surface area contributed by atoms with Gasteiger partial charge in [0.1, 0.15) is 48.8 Å². The van der Waals surface area contributed by atoms with E-state index in [2.05, 4.69) is 0 Å². The minimum atomic E-state index is -1.74. The second-order valence-electron chi connectivity index (χ2n) is 5.53. The largest absolute Gasteiger partial charge is 0.394 e. The molecule has 0 aromatic rings. The van der Waals surface area contributed by atoms with Crippen molar-refractivity contribution in [3.8, 4) is 0 Å². The summed E-state index contributed by atoms with van der Waals surface area (Å²) in [7, 11) is 0. The first-order valence-electron chi connectivity index (χ1n) is 7.08. The van der Waals surface area contributed by atoms with Gasteiger partial charge < -0.3 is 55.1 Å². The molecule has 2 aliphatic heterocycles. The van der Waals surface area contributed by atoms with E-state index in [1.165, 1.54) is 0 Å². The van der Waals surface area contributed by atoms with Crippen LogP contribution in [0.2, 0.25) is 0 Å². The van der Waals surface area contributed by atoms with E-state index in [0.29, 0.717) is 0 Å². The second-order valence-corrected chi connectivity index (χ2v) is 5.53. The van der Waals surface area contributed by atoms with Crippen LogP contribution in [0.1, 0.15) is 0 Å². The van der Waals surface area contributed by atoms with Crippen molar-refractivity contribution in [2.24, 2.45) is 0 Å². The first-order valence-corrected chi connectivity index (χ1v) is 7.08. The molecule has 23 heavy (non-hydrogen) atoms. The van der Waals surface area contributed by atoms with Gasteiger partial charge in [-0.05, 0) is 0 Å². The summed E-state index contributed by atoms with van der Waals surface area (Å²) in [6, 6.07) is 0. The van der Waals surface area contributed by atoms with Gasteiger partial charge in [-0.15, -0.1) is 0 Å². The van der Waals surface area contributed by atoms with Crippen LogP contribution in [0.3, 0.4) is 0 Å². The Morgan fingerprint density at radius 2 is 1.26 bits per heavy atom. The van der Waals surface area contributed by atoms with Crippen molar-refractivity contribution in [3.63, 3.8) is 0 Å². The molecule has 2 aliphatic rings. The molecule has 2 saturated heterocycles. The van der Waals surface area contributed by atoms with Crippen molar-refractivity contribution >= 4 is 0 Å². The first-order chi connectivity index (χ1) is 10.8. The van der Waals surface area contributed by atoms with Gasteiger partial charge in [-0.3, -0.25) is 0 Å². The minimum absolute atomic E-state index is 0.667. The Kier molecular flexibility index (Phi) is 6.27. The SMILES string of the molecule is OC[C@H]1O[C@@H](O[C@@H]2C(O)[C@H](O)[C@H](O)O[C@@H]2CO)[C@@H](O)C(O)[C@H]1O. The molecule has 11 nitrogen and oxygen atoms in total. The van der Waals surface area contributed by atoms with E-state index in [1.807, 2.05) is 0 Å². The maximum absolute atomic E-state index is 9.94. The van der Waals surface area contributed by atoms with E-state index in [0.717, 1.165) is 0 Å². The normalized spacial score (nSPS) is 51.7. The fraction of sp³-hybridized carbons (Fsp3) is 1.00. The fourth-order valence-corrected chi connectivity index (χ4v) is 2.57. The Hall–Kier alpha value is -0.440. The lowest BCUT2D eigenvalue weighted by Gasteiger charge is -2.45. The Labute approximate surface area is 130 Å². The van der Waals surface area contributed by atoms with Crippen LogP contribution >= 0.6 is 0 Å². The Morgan fingerprint density at radius 1 is 0.652 bits per heavy atom. The third kappa shape index (κ3) is 3.65. The summed E-state index contributed by atoms with van der Waals surface area (Å²) in [6.07, 6.45) is -15.6. The van der Waals surface area contributed by atoms with E-state index < -0.39 is 74.6 Å². The molecule has 0 bridgehead atoms. The van der Waals surface area contributed by atoms with Crippen LogP contribution in [0.15, 0.2) is 0 Å². The average Bonchev–Trinajstić information content (AvgIpc) is 2.55. The molecule has 0 saturated carbocycles. The van der Waals surface area contributed by atoms with Gasteiger partial charge in [-0.25, -0.2) is 0 Å². The van der Waals surface area contributed by atoms with Crippen molar-refractivity contribution in [1.82, 2.24) is 0 Å². The molecule has 136 valence electrons. The van der Waals surface area contributed by atoms with Crippen molar-refractivity contribution in [2.75, 3.05) is 13.2 Å². The molecule has 0 radical (unpaired) electrons. The van der Waals surface area contributed by atoms with Gasteiger partial charge in [-0.1, -0.05) is 0 Å². The van der Waals surface area contributed by atoms with E-state index in [1.54, 1.807) is 0 Å². The van der Waals surface area contributed by atoms with Gasteiger partial charge >= 0.3 is 0 Å². The molecule has 0 spiro atoms. The third-order valence-electron chi connectivity index (χ3n) is 3.98. The number of ether oxygens (including phenoxy) is 3. The number of rotatable bonds is 4. The molecule has 8 N–H and O–H groups in total. The molecule has 0 amide bonds. The summed E-state index contributed by atoms with van der Waals surface area (Å²) in [5.41, 5.74) is 0. The van der Waals surface area contributed by atoms with Gasteiger partial charge in [-0.2, -0.15) is 0 Å². The molecular formula is C12H22O11. The van der Waals surface area contributed by atoms with Crippen LogP contribution < -0.4 is 0 Å². The zero-order valence-corrected chi connectivity index (χ0v) is 12.0. The molecule has 2 unspecified atom stereocenters. The highest BCUT2D eigenvalue weighted by Gasteiger charge is 2.50. The van der Waals surface area contributed by atoms with E-state index in [4.69, 9.17) is 19.3 Å². The van der Waals surface area contributed by atoms with E-state index >= 15 is 0 Å². The predicted molar refractivity (Wildman–Crippen MR) is 68.6 cm³/mol. The maximum atomic E-state index is 9.94. The third-order valence-corrected chi connectivity index (χ3v) is 3.98. The highest BCUT2D eigenvalue weighted by atomic mass is 16.7. The highest BCUT2D eigenvalue weighted by molar-refractivity contribution is 4.93. The Bertz CT molecular complexity index is 378. The lowest BCUT2D eigenvalue weighted by molar-refractivity contribution is -0.355. The van der Waals surface area contributed by atoms with Crippen LogP contribution in [-0.2, 0) is 14.2 Å². The van der Waals surface area contributed by atoms with Crippen molar-refractivity contribution in [1.29, 1.82) is 0 Å². The van der Waals surface area contributed by atoms with Gasteiger partial charge in [0, 0.05) is 0 Å². The fourth-order valence-electron chi connectivity index (χ4n) is 2.57. The topological polar surface area (TPSA) is 190 Å². The van der Waals surface area contributed by atoms with Gasteiger partial charge in [0.25, 0.3) is 0 Å². The standard InChI is InChI=1S/C12H22O11/c13-1-3-5(15)6(16)9(19)12(22-3)23-10-4(2-14)21-11(20)8(18)7(10)17/h3-20H,1-2H2/t3-,4-,5+,6?,7?,8+,9+,10+,11-,12+/m1/s1. The summed E-state index contributed by atoms with van der Waals surface area (Å²) in [5.74, 6) is 0. The van der Waals surface area contributed by atoms with Crippen molar-refractivity contribution in [3.05, 3.63) is 0 Å². The van der Waals surface area contributed by atoms with Crippen LogP contribution in [0, 0.1) is 0 Å². The number of hydrogen-bond acceptors (Lipinski definition) is 11. The zero-order valence-electron chi connectivity index (χ0n) is 12.0. The maximum Gasteiger partial charge on any atom is 0.187 e. The van der Waals surface area contributed by atoms with Gasteiger partial charge in [0.2, 0.25) is 0 Å². The predicted octanol–water partition coefficient (Wildman–Crippen LogP) is -5.40. The molecule has 2 fully saturated rings. The molecule has 0 aromatic heterocycles. The Morgan fingerprint density at radius 3 is 1.83 bits per heavy atom. The average molecular weight is 342 g/mol. The van der Waals surface area contributed by atoms with Crippen LogP contribution in [0.25, 0.3) is 0 Å². The minimum Gasteiger partial charge on any atom is -0.394 e. The van der Waals surface area contributed by atoms with Crippen LogP contribution in [0.4, 0.5) is 0 Å². The monoisotopic (exact) mass is 342 g/mol. The first kappa shape index (κ1) is 18.9. The number of aliphatic hydroxyl groups is 8. The van der Waals surface area contributed by atoms with Gasteiger partial charge in [0.05, 0.1) is 13.2 Å². The Balaban J connectivity index is 2.11. The molecule has 10 atom stereocenters. The van der Waals surface area contributed by atoms with Crippen LogP contribution in [-0.4, -0.2) is 115 Å². The highest BCUT2D eigenvalue weighted by Crippen LogP contribution is 2.28. The molecule has 0 aliphatic carbocycles. The smallest absolute Gasteiger partial charge is 0.187 e. The summed E-state index contributed by atoms with van der Waals surface area (Å²) in [6.45, 7) is -1.35. The summed E-state index contributed by atoms with van der Waals surface area (Å²) < 4.78 is 15.3. The zero-order chi connectivity index (χ0) is 17.3. The lowest BCUT2D eigenvalue weighted by Crippen LogP contribution is -2.64. The summed E-state index contributed by atoms with van der Waals surface area (Å²) >= 11 is 0. The van der Waals surface area contributed by atoms with Crippen molar-refractivity contribution in [2.45, 2.75) is 61.4 Å². The number of aliphatic hydroxyl groups excluding tert-OH is 8. The molecule has 2 heterocycles. The number of hydrogen-bond donors (Lipinski definition) is 8. The van der Waals surface area contributed by atoms with E-state index in [-0.39, 0.29) is 0 Å². The molecule has 0 aromatic carbocycles. The van der Waals surface area contributed by atoms with E-state index in [9.17, 15) is 35.7 Å². The summed E-state index contributed by atoms with van der Waals surface area (Å²) in [5, 5.41) is 76.5. The lowest BCUT2D eigenvalue weighted by atomic mass is 9.97.